The molecule has 3 aromatic carbocycles. The molecule has 23 heavy (non-hydrogen) atoms. The Kier molecular flexibility index (Phi) is 3.53. The fourth-order valence-electron chi connectivity index (χ4n) is 2.82. The second-order valence-electron chi connectivity index (χ2n) is 5.42. The van der Waals surface area contributed by atoms with E-state index >= 15 is 0 Å². The molecule has 4 rings (SSSR count). The van der Waals surface area contributed by atoms with E-state index in [4.69, 9.17) is 27.6 Å². The molecule has 0 aliphatic rings. The highest BCUT2D eigenvalue weighted by molar-refractivity contribution is 6.35. The Bertz CT molecular complexity index is 1020. The molecule has 0 spiro atoms. The van der Waals surface area contributed by atoms with Gasteiger partial charge < -0.3 is 9.52 Å². The first kappa shape index (κ1) is 14.6. The van der Waals surface area contributed by atoms with Crippen LogP contribution in [0.25, 0.3) is 21.9 Å². The summed E-state index contributed by atoms with van der Waals surface area (Å²) in [5.74, 6) is 0. The molecule has 4 heteroatoms. The molecule has 0 bridgehead atoms. The molecule has 4 aromatic rings. The minimum absolute atomic E-state index is 0.440. The maximum absolute atomic E-state index is 10.6. The number of fused-ring (bicyclic) bond motifs is 3. The predicted molar refractivity (Wildman–Crippen MR) is 94.2 cm³/mol. The zero-order chi connectivity index (χ0) is 16.0. The van der Waals surface area contributed by atoms with Crippen molar-refractivity contribution < 1.29 is 9.52 Å². The van der Waals surface area contributed by atoms with E-state index in [0.717, 1.165) is 27.5 Å². The van der Waals surface area contributed by atoms with Gasteiger partial charge in [-0.3, -0.25) is 0 Å². The van der Waals surface area contributed by atoms with Crippen LogP contribution in [0.15, 0.2) is 65.1 Å². The van der Waals surface area contributed by atoms with E-state index in [1.165, 1.54) is 0 Å². The summed E-state index contributed by atoms with van der Waals surface area (Å²) >= 11 is 12.1. The van der Waals surface area contributed by atoms with Gasteiger partial charge in [-0.05, 0) is 29.8 Å². The number of benzene rings is 3. The Hall–Kier alpha value is -2.00. The predicted octanol–water partition coefficient (Wildman–Crippen LogP) is 5.97. The molecule has 0 saturated heterocycles. The van der Waals surface area contributed by atoms with Crippen LogP contribution in [0.5, 0.6) is 0 Å². The number of para-hydroxylation sites is 1. The van der Waals surface area contributed by atoms with E-state index in [1.54, 1.807) is 18.2 Å². The topological polar surface area (TPSA) is 33.4 Å². The molecule has 0 aliphatic heterocycles. The van der Waals surface area contributed by atoms with Crippen molar-refractivity contribution in [2.45, 2.75) is 6.10 Å². The van der Waals surface area contributed by atoms with Crippen molar-refractivity contribution in [2.75, 3.05) is 0 Å². The number of aliphatic hydroxyl groups is 1. The average molecular weight is 343 g/mol. The molecule has 0 fully saturated rings. The standard InChI is InChI=1S/C19H12Cl2O2/c20-12-6-8-15(16(21)10-12)19(22)11-5-7-14-13-3-1-2-4-17(13)23-18(14)9-11/h1-10,19,22H. The first-order chi connectivity index (χ1) is 11.1. The molecule has 1 unspecified atom stereocenters. The third-order valence-corrected chi connectivity index (χ3v) is 4.54. The molecule has 2 nitrogen and oxygen atoms in total. The Morgan fingerprint density at radius 3 is 2.43 bits per heavy atom. The van der Waals surface area contributed by atoms with E-state index in [2.05, 4.69) is 0 Å². The largest absolute Gasteiger partial charge is 0.456 e. The van der Waals surface area contributed by atoms with Crippen molar-refractivity contribution in [1.82, 2.24) is 0 Å². The minimum Gasteiger partial charge on any atom is -0.456 e. The van der Waals surface area contributed by atoms with Gasteiger partial charge >= 0.3 is 0 Å². The highest BCUT2D eigenvalue weighted by atomic mass is 35.5. The van der Waals surface area contributed by atoms with Gasteiger partial charge in [-0.2, -0.15) is 0 Å². The summed E-state index contributed by atoms with van der Waals surface area (Å²) in [6, 6.07) is 18.6. The number of rotatable bonds is 2. The SMILES string of the molecule is OC(c1ccc2c(c1)oc1ccccc12)c1ccc(Cl)cc1Cl. The fourth-order valence-corrected chi connectivity index (χ4v) is 3.33. The van der Waals surface area contributed by atoms with Crippen LogP contribution in [-0.2, 0) is 0 Å². The van der Waals surface area contributed by atoms with E-state index < -0.39 is 6.10 Å². The molecular weight excluding hydrogens is 331 g/mol. The monoisotopic (exact) mass is 342 g/mol. The van der Waals surface area contributed by atoms with Gasteiger partial charge in [-0.1, -0.05) is 59.6 Å². The second-order valence-corrected chi connectivity index (χ2v) is 6.27. The summed E-state index contributed by atoms with van der Waals surface area (Å²) in [6.45, 7) is 0. The molecule has 1 N–H and O–H groups in total. The Morgan fingerprint density at radius 2 is 1.61 bits per heavy atom. The maximum atomic E-state index is 10.6. The van der Waals surface area contributed by atoms with E-state index in [0.29, 0.717) is 15.6 Å². The first-order valence-corrected chi connectivity index (χ1v) is 7.93. The average Bonchev–Trinajstić information content (AvgIpc) is 2.92. The maximum Gasteiger partial charge on any atom is 0.135 e. The summed E-state index contributed by atoms with van der Waals surface area (Å²) in [6.07, 6.45) is -0.836. The number of hydrogen-bond donors (Lipinski definition) is 1. The van der Waals surface area contributed by atoms with Gasteiger partial charge in [0.05, 0.1) is 0 Å². The quantitative estimate of drug-likeness (QED) is 0.486. The molecule has 0 radical (unpaired) electrons. The van der Waals surface area contributed by atoms with Gasteiger partial charge in [0.15, 0.2) is 0 Å². The third-order valence-electron chi connectivity index (χ3n) is 3.98. The van der Waals surface area contributed by atoms with Crippen molar-refractivity contribution in [2.24, 2.45) is 0 Å². The van der Waals surface area contributed by atoms with Crippen molar-refractivity contribution in [3.8, 4) is 0 Å². The number of aliphatic hydroxyl groups excluding tert-OH is 1. The Morgan fingerprint density at radius 1 is 0.826 bits per heavy atom. The number of hydrogen-bond acceptors (Lipinski definition) is 2. The van der Waals surface area contributed by atoms with Crippen molar-refractivity contribution >= 4 is 45.1 Å². The van der Waals surface area contributed by atoms with Gasteiger partial charge in [0, 0.05) is 26.4 Å². The molecule has 1 aromatic heterocycles. The lowest BCUT2D eigenvalue weighted by Crippen LogP contribution is -2.00. The van der Waals surface area contributed by atoms with Crippen LogP contribution in [0.1, 0.15) is 17.2 Å². The lowest BCUT2D eigenvalue weighted by Gasteiger charge is -2.13. The lowest BCUT2D eigenvalue weighted by molar-refractivity contribution is 0.220. The molecule has 0 aliphatic carbocycles. The fraction of sp³-hybridized carbons (Fsp3) is 0.0526. The zero-order valence-corrected chi connectivity index (χ0v) is 13.5. The van der Waals surface area contributed by atoms with Gasteiger partial charge in [0.1, 0.15) is 17.3 Å². The van der Waals surface area contributed by atoms with Crippen LogP contribution in [0.4, 0.5) is 0 Å². The van der Waals surface area contributed by atoms with Crippen LogP contribution in [0.3, 0.4) is 0 Å². The molecule has 1 atom stereocenters. The lowest BCUT2D eigenvalue weighted by atomic mass is 10.00. The van der Waals surface area contributed by atoms with Crippen LogP contribution < -0.4 is 0 Å². The van der Waals surface area contributed by atoms with E-state index in [-0.39, 0.29) is 0 Å². The molecule has 114 valence electrons. The molecule has 1 heterocycles. The van der Waals surface area contributed by atoms with Gasteiger partial charge in [0.25, 0.3) is 0 Å². The van der Waals surface area contributed by atoms with E-state index in [1.807, 2.05) is 42.5 Å². The van der Waals surface area contributed by atoms with Crippen molar-refractivity contribution in [3.63, 3.8) is 0 Å². The number of furan rings is 1. The second kappa shape index (κ2) is 5.57. The van der Waals surface area contributed by atoms with Crippen LogP contribution >= 0.6 is 23.2 Å². The van der Waals surface area contributed by atoms with Gasteiger partial charge in [-0.25, -0.2) is 0 Å². The summed E-state index contributed by atoms with van der Waals surface area (Å²) in [7, 11) is 0. The smallest absolute Gasteiger partial charge is 0.135 e. The normalized spacial score (nSPS) is 12.8. The summed E-state index contributed by atoms with van der Waals surface area (Å²) < 4.78 is 5.86. The Labute approximate surface area is 142 Å². The molecular formula is C19H12Cl2O2. The van der Waals surface area contributed by atoms with Crippen LogP contribution in [0.2, 0.25) is 10.0 Å². The number of halogens is 2. The third kappa shape index (κ3) is 2.49. The highest BCUT2D eigenvalue weighted by Crippen LogP contribution is 2.34. The molecule has 0 amide bonds. The van der Waals surface area contributed by atoms with Crippen LogP contribution in [0, 0.1) is 0 Å². The van der Waals surface area contributed by atoms with Gasteiger partial charge in [-0.15, -0.1) is 0 Å². The van der Waals surface area contributed by atoms with E-state index in [9.17, 15) is 5.11 Å². The van der Waals surface area contributed by atoms with Crippen molar-refractivity contribution in [1.29, 1.82) is 0 Å². The van der Waals surface area contributed by atoms with Crippen LogP contribution in [-0.4, -0.2) is 5.11 Å². The van der Waals surface area contributed by atoms with Crippen molar-refractivity contribution in [3.05, 3.63) is 81.8 Å². The minimum atomic E-state index is -0.836. The summed E-state index contributed by atoms with van der Waals surface area (Å²) in [4.78, 5) is 0. The first-order valence-electron chi connectivity index (χ1n) is 7.18. The van der Waals surface area contributed by atoms with Gasteiger partial charge in [0.2, 0.25) is 0 Å². The Balaban J connectivity index is 1.83. The summed E-state index contributed by atoms with van der Waals surface area (Å²) in [5, 5.41) is 13.7. The molecule has 0 saturated carbocycles. The zero-order valence-electron chi connectivity index (χ0n) is 12.0. The summed E-state index contributed by atoms with van der Waals surface area (Å²) in [5.41, 5.74) is 2.92. The highest BCUT2D eigenvalue weighted by Gasteiger charge is 2.16.